The SMILES string of the molecule is NC[C@H]1CC[C@H]1O. The topological polar surface area (TPSA) is 46.2 Å². The van der Waals surface area contributed by atoms with Crippen molar-refractivity contribution in [3.8, 4) is 0 Å². The molecule has 1 saturated carbocycles. The third-order valence-corrected chi connectivity index (χ3v) is 1.68. The van der Waals surface area contributed by atoms with Gasteiger partial charge in [0, 0.05) is 0 Å². The fraction of sp³-hybridized carbons (Fsp3) is 1.00. The molecule has 0 bridgehead atoms. The molecule has 42 valence electrons. The molecule has 0 aromatic rings. The summed E-state index contributed by atoms with van der Waals surface area (Å²) >= 11 is 0. The van der Waals surface area contributed by atoms with Crippen LogP contribution >= 0.6 is 0 Å². The van der Waals surface area contributed by atoms with Gasteiger partial charge in [-0.15, -0.1) is 0 Å². The summed E-state index contributed by atoms with van der Waals surface area (Å²) in [5.41, 5.74) is 5.26. The molecule has 0 heterocycles. The summed E-state index contributed by atoms with van der Waals surface area (Å²) in [6, 6.07) is 0. The summed E-state index contributed by atoms with van der Waals surface area (Å²) in [5.74, 6) is 0.417. The number of nitrogens with two attached hydrogens (primary N) is 1. The zero-order valence-electron chi connectivity index (χ0n) is 4.30. The lowest BCUT2D eigenvalue weighted by Crippen LogP contribution is -2.36. The largest absolute Gasteiger partial charge is 0.393 e. The molecule has 1 fully saturated rings. The maximum Gasteiger partial charge on any atom is 0.0580 e. The lowest BCUT2D eigenvalue weighted by molar-refractivity contribution is 0.0292. The molecule has 0 aromatic heterocycles. The lowest BCUT2D eigenvalue weighted by atomic mass is 9.82. The van der Waals surface area contributed by atoms with Crippen molar-refractivity contribution < 1.29 is 5.11 Å². The van der Waals surface area contributed by atoms with E-state index in [2.05, 4.69) is 0 Å². The van der Waals surface area contributed by atoms with E-state index in [1.807, 2.05) is 0 Å². The molecule has 1 aliphatic rings. The molecule has 0 aliphatic heterocycles. The first-order valence-corrected chi connectivity index (χ1v) is 2.72. The highest BCUT2D eigenvalue weighted by Crippen LogP contribution is 2.25. The van der Waals surface area contributed by atoms with Crippen LogP contribution in [0.3, 0.4) is 0 Å². The normalized spacial score (nSPS) is 40.3. The number of aliphatic hydroxyl groups is 1. The molecule has 1 aliphatic carbocycles. The minimum atomic E-state index is -0.0787. The van der Waals surface area contributed by atoms with Crippen LogP contribution in [0.15, 0.2) is 0 Å². The third kappa shape index (κ3) is 0.763. The third-order valence-electron chi connectivity index (χ3n) is 1.68. The number of rotatable bonds is 1. The summed E-state index contributed by atoms with van der Waals surface area (Å²) in [6.07, 6.45) is 2.00. The highest BCUT2D eigenvalue weighted by atomic mass is 16.3. The van der Waals surface area contributed by atoms with Crippen molar-refractivity contribution in [2.45, 2.75) is 18.9 Å². The molecule has 2 atom stereocenters. The van der Waals surface area contributed by atoms with E-state index < -0.39 is 0 Å². The molecule has 7 heavy (non-hydrogen) atoms. The Kier molecular flexibility index (Phi) is 1.30. The molecular formula is C5H11NO. The Morgan fingerprint density at radius 1 is 1.57 bits per heavy atom. The fourth-order valence-electron chi connectivity index (χ4n) is 0.826. The van der Waals surface area contributed by atoms with E-state index in [4.69, 9.17) is 10.8 Å². The summed E-state index contributed by atoms with van der Waals surface area (Å²) in [7, 11) is 0. The van der Waals surface area contributed by atoms with Gasteiger partial charge in [-0.2, -0.15) is 0 Å². The van der Waals surface area contributed by atoms with E-state index >= 15 is 0 Å². The van der Waals surface area contributed by atoms with Gasteiger partial charge in [0.25, 0.3) is 0 Å². The van der Waals surface area contributed by atoms with Gasteiger partial charge in [0.2, 0.25) is 0 Å². The van der Waals surface area contributed by atoms with Gasteiger partial charge in [0.05, 0.1) is 6.10 Å². The average Bonchev–Trinajstić information content (AvgIpc) is 1.65. The van der Waals surface area contributed by atoms with E-state index in [-0.39, 0.29) is 6.10 Å². The Morgan fingerprint density at radius 2 is 2.29 bits per heavy atom. The summed E-state index contributed by atoms with van der Waals surface area (Å²) < 4.78 is 0. The molecule has 0 radical (unpaired) electrons. The van der Waals surface area contributed by atoms with Crippen LogP contribution < -0.4 is 5.73 Å². The van der Waals surface area contributed by atoms with E-state index in [1.54, 1.807) is 0 Å². The highest BCUT2D eigenvalue weighted by molar-refractivity contribution is 4.79. The second-order valence-electron chi connectivity index (χ2n) is 2.14. The minimum Gasteiger partial charge on any atom is -0.393 e. The van der Waals surface area contributed by atoms with Crippen LogP contribution in [-0.2, 0) is 0 Å². The predicted octanol–water partition coefficient (Wildman–Crippen LogP) is -0.284. The first kappa shape index (κ1) is 5.06. The molecule has 2 heteroatoms. The summed E-state index contributed by atoms with van der Waals surface area (Å²) in [6.45, 7) is 0.654. The molecular weight excluding hydrogens is 90.1 g/mol. The van der Waals surface area contributed by atoms with Gasteiger partial charge in [0.15, 0.2) is 0 Å². The zero-order valence-corrected chi connectivity index (χ0v) is 4.30. The van der Waals surface area contributed by atoms with Gasteiger partial charge >= 0.3 is 0 Å². The fourth-order valence-corrected chi connectivity index (χ4v) is 0.826. The van der Waals surface area contributed by atoms with E-state index in [0.29, 0.717) is 12.5 Å². The predicted molar refractivity (Wildman–Crippen MR) is 27.8 cm³/mol. The van der Waals surface area contributed by atoms with Crippen molar-refractivity contribution in [3.63, 3.8) is 0 Å². The Bertz CT molecular complexity index is 63.1. The smallest absolute Gasteiger partial charge is 0.0580 e. The second-order valence-corrected chi connectivity index (χ2v) is 2.14. The maximum absolute atomic E-state index is 8.83. The van der Waals surface area contributed by atoms with Gasteiger partial charge in [-0.1, -0.05) is 0 Å². The Hall–Kier alpha value is -0.0800. The number of hydrogen-bond donors (Lipinski definition) is 2. The Morgan fingerprint density at radius 3 is 2.29 bits per heavy atom. The lowest BCUT2D eigenvalue weighted by Gasteiger charge is -2.30. The van der Waals surface area contributed by atoms with Crippen molar-refractivity contribution in [3.05, 3.63) is 0 Å². The first-order chi connectivity index (χ1) is 3.34. The van der Waals surface area contributed by atoms with E-state index in [0.717, 1.165) is 12.8 Å². The van der Waals surface area contributed by atoms with Crippen LogP contribution in [0.25, 0.3) is 0 Å². The standard InChI is InChI=1S/C5H11NO/c6-3-4-1-2-5(4)7/h4-5,7H,1-3,6H2/t4-,5-/m1/s1. The van der Waals surface area contributed by atoms with Crippen molar-refractivity contribution in [1.29, 1.82) is 0 Å². The van der Waals surface area contributed by atoms with Gasteiger partial charge in [0.1, 0.15) is 0 Å². The van der Waals surface area contributed by atoms with Crippen LogP contribution in [0.5, 0.6) is 0 Å². The minimum absolute atomic E-state index is 0.0787. The zero-order chi connectivity index (χ0) is 5.28. The van der Waals surface area contributed by atoms with Crippen molar-refractivity contribution in [1.82, 2.24) is 0 Å². The van der Waals surface area contributed by atoms with Crippen LogP contribution in [0.4, 0.5) is 0 Å². The van der Waals surface area contributed by atoms with Crippen LogP contribution in [0.1, 0.15) is 12.8 Å². The average molecular weight is 101 g/mol. The molecule has 0 amide bonds. The Labute approximate surface area is 43.3 Å². The molecule has 0 unspecified atom stereocenters. The number of hydrogen-bond acceptors (Lipinski definition) is 2. The van der Waals surface area contributed by atoms with Gasteiger partial charge in [-0.3, -0.25) is 0 Å². The van der Waals surface area contributed by atoms with Crippen molar-refractivity contribution >= 4 is 0 Å². The molecule has 3 N–H and O–H groups in total. The first-order valence-electron chi connectivity index (χ1n) is 2.72. The molecule has 1 rings (SSSR count). The van der Waals surface area contributed by atoms with Gasteiger partial charge < -0.3 is 10.8 Å². The van der Waals surface area contributed by atoms with Crippen LogP contribution in [-0.4, -0.2) is 17.8 Å². The second kappa shape index (κ2) is 1.80. The molecule has 2 nitrogen and oxygen atoms in total. The van der Waals surface area contributed by atoms with Gasteiger partial charge in [-0.05, 0) is 25.3 Å². The highest BCUT2D eigenvalue weighted by Gasteiger charge is 2.26. The van der Waals surface area contributed by atoms with Crippen molar-refractivity contribution in [2.24, 2.45) is 11.7 Å². The summed E-state index contributed by atoms with van der Waals surface area (Å²) in [5, 5.41) is 8.83. The molecule has 0 aromatic carbocycles. The Balaban J connectivity index is 2.16. The van der Waals surface area contributed by atoms with E-state index in [9.17, 15) is 0 Å². The maximum atomic E-state index is 8.83. The van der Waals surface area contributed by atoms with E-state index in [1.165, 1.54) is 0 Å². The molecule has 0 saturated heterocycles. The monoisotopic (exact) mass is 101 g/mol. The van der Waals surface area contributed by atoms with Crippen molar-refractivity contribution in [2.75, 3.05) is 6.54 Å². The number of aliphatic hydroxyl groups excluding tert-OH is 1. The quantitative estimate of drug-likeness (QED) is 0.477. The molecule has 0 spiro atoms. The summed E-state index contributed by atoms with van der Waals surface area (Å²) in [4.78, 5) is 0. The van der Waals surface area contributed by atoms with Gasteiger partial charge in [-0.25, -0.2) is 0 Å². The van der Waals surface area contributed by atoms with Crippen LogP contribution in [0, 0.1) is 5.92 Å². The van der Waals surface area contributed by atoms with Crippen LogP contribution in [0.2, 0.25) is 0 Å².